The molecule has 0 fully saturated rings. The minimum atomic E-state index is -0.542. The Kier molecular flexibility index (Phi) is 7.01. The summed E-state index contributed by atoms with van der Waals surface area (Å²) >= 11 is 0. The van der Waals surface area contributed by atoms with Crippen LogP contribution >= 0.6 is 0 Å². The van der Waals surface area contributed by atoms with Crippen molar-refractivity contribution in [3.8, 4) is 78.7 Å². The Morgan fingerprint density at radius 3 is 1.16 bits per heavy atom. The molecule has 0 saturated carbocycles. The molecule has 0 atom stereocenters. The number of benzene rings is 6. The first-order valence-electron chi connectivity index (χ1n) is 18.5. The van der Waals surface area contributed by atoms with E-state index < -0.39 is 5.41 Å². The van der Waals surface area contributed by atoms with Crippen molar-refractivity contribution < 1.29 is 0 Å². The molecule has 0 aliphatic heterocycles. The minimum Gasteiger partial charge on any atom is -0.265 e. The molecule has 6 aromatic carbocycles. The standard InChI is InChI=1S/C50H31N5/c1-2-10-38-37(9-1)39-11-3-6-14-43(39)50(44-15-7-4-12-40(44)41-13-5-8-16-45(41)50)46-22-21-36(31-42(38)46)49-54-47(53-48(55-49)35-25-29-52-30-26-35)34-19-17-32(18-20-34)33-23-27-51-28-24-33/h1-31H. The number of pyridine rings is 2. The molecule has 0 bridgehead atoms. The van der Waals surface area contributed by atoms with Gasteiger partial charge in [-0.15, -0.1) is 0 Å². The van der Waals surface area contributed by atoms with Crippen molar-refractivity contribution in [3.05, 3.63) is 211 Å². The number of rotatable bonds is 4. The second kappa shape index (κ2) is 12.4. The van der Waals surface area contributed by atoms with Crippen LogP contribution in [-0.4, -0.2) is 24.9 Å². The number of fused-ring (bicyclic) bond motifs is 12. The molecule has 11 rings (SSSR count). The van der Waals surface area contributed by atoms with E-state index in [-0.39, 0.29) is 0 Å². The lowest BCUT2D eigenvalue weighted by atomic mass is 9.66. The fourth-order valence-corrected chi connectivity index (χ4v) is 8.81. The van der Waals surface area contributed by atoms with Gasteiger partial charge < -0.3 is 0 Å². The molecule has 0 N–H and O–H groups in total. The van der Waals surface area contributed by atoms with Gasteiger partial charge in [0.1, 0.15) is 0 Å². The zero-order valence-corrected chi connectivity index (χ0v) is 29.6. The van der Waals surface area contributed by atoms with Gasteiger partial charge in [0.25, 0.3) is 0 Å². The van der Waals surface area contributed by atoms with Gasteiger partial charge in [0.05, 0.1) is 5.41 Å². The summed E-state index contributed by atoms with van der Waals surface area (Å²) < 4.78 is 0. The van der Waals surface area contributed by atoms with Crippen LogP contribution in [0, 0.1) is 0 Å². The fraction of sp³-hybridized carbons (Fsp3) is 0.0200. The zero-order valence-electron chi connectivity index (χ0n) is 29.6. The summed E-state index contributed by atoms with van der Waals surface area (Å²) in [6.45, 7) is 0. The van der Waals surface area contributed by atoms with E-state index in [1.807, 2.05) is 36.7 Å². The van der Waals surface area contributed by atoms with Gasteiger partial charge in [-0.1, -0.05) is 133 Å². The first-order valence-corrected chi connectivity index (χ1v) is 18.5. The molecule has 0 saturated heterocycles. The van der Waals surface area contributed by atoms with E-state index in [2.05, 4.69) is 149 Å². The Hall–Kier alpha value is -7.37. The summed E-state index contributed by atoms with van der Waals surface area (Å²) in [5.74, 6) is 1.81. The molecule has 5 nitrogen and oxygen atoms in total. The molecule has 3 aromatic heterocycles. The van der Waals surface area contributed by atoms with Crippen molar-refractivity contribution in [1.82, 2.24) is 24.9 Å². The highest BCUT2D eigenvalue weighted by molar-refractivity contribution is 5.98. The zero-order chi connectivity index (χ0) is 36.3. The third-order valence-corrected chi connectivity index (χ3v) is 11.2. The third kappa shape index (κ3) is 4.76. The van der Waals surface area contributed by atoms with E-state index in [0.29, 0.717) is 17.5 Å². The first-order chi connectivity index (χ1) is 27.3. The summed E-state index contributed by atoms with van der Waals surface area (Å²) in [6, 6.07) is 58.7. The van der Waals surface area contributed by atoms with Crippen molar-refractivity contribution in [2.45, 2.75) is 5.41 Å². The highest BCUT2D eigenvalue weighted by atomic mass is 15.0. The molecule has 0 amide bonds. The second-order valence-electron chi connectivity index (χ2n) is 14.0. The lowest BCUT2D eigenvalue weighted by Gasteiger charge is -2.35. The van der Waals surface area contributed by atoms with Crippen LogP contribution in [0.5, 0.6) is 0 Å². The molecule has 9 aromatic rings. The predicted octanol–water partition coefficient (Wildman–Crippen LogP) is 11.3. The first kappa shape index (κ1) is 31.2. The van der Waals surface area contributed by atoms with Gasteiger partial charge >= 0.3 is 0 Å². The average molecular weight is 702 g/mol. The van der Waals surface area contributed by atoms with Gasteiger partial charge in [-0.25, -0.2) is 15.0 Å². The van der Waals surface area contributed by atoms with E-state index in [9.17, 15) is 0 Å². The monoisotopic (exact) mass is 701 g/mol. The van der Waals surface area contributed by atoms with E-state index in [1.165, 1.54) is 50.1 Å². The van der Waals surface area contributed by atoms with Crippen LogP contribution in [0.4, 0.5) is 0 Å². The number of nitrogens with zero attached hydrogens (tertiary/aromatic N) is 5. The summed E-state index contributed by atoms with van der Waals surface area (Å²) in [7, 11) is 0. The van der Waals surface area contributed by atoms with Gasteiger partial charge in [0.2, 0.25) is 0 Å². The molecule has 5 heteroatoms. The Labute approximate surface area is 318 Å². The maximum Gasteiger partial charge on any atom is 0.164 e. The van der Waals surface area contributed by atoms with Crippen molar-refractivity contribution >= 4 is 0 Å². The maximum atomic E-state index is 5.18. The molecule has 3 heterocycles. The largest absolute Gasteiger partial charge is 0.265 e. The van der Waals surface area contributed by atoms with Crippen LogP contribution in [-0.2, 0) is 5.41 Å². The molecular formula is C50H31N5. The number of aromatic nitrogens is 5. The Morgan fingerprint density at radius 2 is 0.618 bits per heavy atom. The quantitative estimate of drug-likeness (QED) is 0.183. The molecule has 2 aliphatic carbocycles. The van der Waals surface area contributed by atoms with E-state index in [0.717, 1.165) is 33.4 Å². The second-order valence-corrected chi connectivity index (χ2v) is 14.0. The summed E-state index contributed by atoms with van der Waals surface area (Å²) in [5.41, 5.74) is 16.8. The smallest absolute Gasteiger partial charge is 0.164 e. The molecule has 55 heavy (non-hydrogen) atoms. The van der Waals surface area contributed by atoms with Crippen LogP contribution < -0.4 is 0 Å². The maximum absolute atomic E-state index is 5.18. The van der Waals surface area contributed by atoms with Gasteiger partial charge in [0.15, 0.2) is 17.5 Å². The minimum absolute atomic E-state index is 0.542. The number of hydrogen-bond acceptors (Lipinski definition) is 5. The summed E-state index contributed by atoms with van der Waals surface area (Å²) in [4.78, 5) is 23.8. The SMILES string of the molecule is c1ccc2c(c1)-c1ccccc1C1(c3ccc(-c4nc(-c5ccncc5)nc(-c5ccc(-c6ccncc6)cc5)n4)cc3-2)c2ccccc2-c2ccccc21. The molecule has 2 aliphatic rings. The van der Waals surface area contributed by atoms with Gasteiger partial charge in [-0.2, -0.15) is 0 Å². The summed E-state index contributed by atoms with van der Waals surface area (Å²) in [6.07, 6.45) is 7.17. The van der Waals surface area contributed by atoms with Gasteiger partial charge in [0, 0.05) is 41.5 Å². The lowest BCUT2D eigenvalue weighted by Crippen LogP contribution is -2.29. The normalized spacial score (nSPS) is 12.9. The molecule has 0 radical (unpaired) electrons. The highest BCUT2D eigenvalue weighted by Gasteiger charge is 2.49. The predicted molar refractivity (Wildman–Crippen MR) is 219 cm³/mol. The van der Waals surface area contributed by atoms with Crippen LogP contribution in [0.1, 0.15) is 22.3 Å². The van der Waals surface area contributed by atoms with Crippen LogP contribution in [0.2, 0.25) is 0 Å². The Bertz CT molecular complexity index is 2880. The van der Waals surface area contributed by atoms with Crippen LogP contribution in [0.3, 0.4) is 0 Å². The average Bonchev–Trinajstić information content (AvgIpc) is 3.52. The van der Waals surface area contributed by atoms with Crippen molar-refractivity contribution in [1.29, 1.82) is 0 Å². The van der Waals surface area contributed by atoms with Gasteiger partial charge in [-0.05, 0) is 97.1 Å². The molecule has 1 spiro atoms. The molecular weight excluding hydrogens is 671 g/mol. The Morgan fingerprint density at radius 1 is 0.273 bits per heavy atom. The van der Waals surface area contributed by atoms with E-state index >= 15 is 0 Å². The van der Waals surface area contributed by atoms with E-state index in [1.54, 1.807) is 12.4 Å². The Balaban J connectivity index is 1.16. The summed E-state index contributed by atoms with van der Waals surface area (Å²) in [5, 5.41) is 0. The van der Waals surface area contributed by atoms with Crippen molar-refractivity contribution in [2.24, 2.45) is 0 Å². The van der Waals surface area contributed by atoms with Crippen LogP contribution in [0.15, 0.2) is 189 Å². The lowest BCUT2D eigenvalue weighted by molar-refractivity contribution is 0.775. The fourth-order valence-electron chi connectivity index (χ4n) is 8.81. The highest BCUT2D eigenvalue weighted by Crippen LogP contribution is 2.61. The molecule has 256 valence electrons. The molecule has 0 unspecified atom stereocenters. The topological polar surface area (TPSA) is 64.5 Å². The third-order valence-electron chi connectivity index (χ3n) is 11.2. The van der Waals surface area contributed by atoms with Crippen molar-refractivity contribution in [2.75, 3.05) is 0 Å². The van der Waals surface area contributed by atoms with Crippen LogP contribution in [0.25, 0.3) is 78.7 Å². The van der Waals surface area contributed by atoms with E-state index in [4.69, 9.17) is 15.0 Å². The van der Waals surface area contributed by atoms with Gasteiger partial charge in [-0.3, -0.25) is 9.97 Å². The number of hydrogen-bond donors (Lipinski definition) is 0. The van der Waals surface area contributed by atoms with Crippen molar-refractivity contribution in [3.63, 3.8) is 0 Å².